The molecule has 13 nitrogen and oxygen atoms in total. The quantitative estimate of drug-likeness (QED) is 0.132. The molecule has 2 heterocycles. The van der Waals surface area contributed by atoms with Crippen molar-refractivity contribution in [2.45, 2.75) is 77.3 Å². The number of H-pyrrole nitrogens is 1. The highest BCUT2D eigenvalue weighted by Crippen LogP contribution is 2.48. The number of rotatable bonds is 12. The molecule has 2 unspecified atom stereocenters. The molecule has 1 aromatic rings. The number of esters is 1. The predicted molar refractivity (Wildman–Crippen MR) is 141 cm³/mol. The average molecular weight is 636 g/mol. The summed E-state index contributed by atoms with van der Waals surface area (Å²) in [5.74, 6) is -2.17. The van der Waals surface area contributed by atoms with Gasteiger partial charge in [0.15, 0.2) is 11.3 Å². The Labute approximate surface area is 237 Å². The lowest BCUT2D eigenvalue weighted by Crippen LogP contribution is -2.42. The van der Waals surface area contributed by atoms with E-state index in [1.165, 1.54) is 6.92 Å². The van der Waals surface area contributed by atoms with Crippen LogP contribution in [0, 0.1) is 11.2 Å². The van der Waals surface area contributed by atoms with Crippen molar-refractivity contribution in [3.05, 3.63) is 32.9 Å². The van der Waals surface area contributed by atoms with Crippen LogP contribution in [0.4, 0.5) is 8.78 Å². The highest BCUT2D eigenvalue weighted by molar-refractivity contribution is 8.13. The topological polar surface area (TPSA) is 175 Å². The number of hydrogen-bond donors (Lipinski definition) is 3. The number of aromatic amines is 1. The van der Waals surface area contributed by atoms with E-state index in [1.54, 1.807) is 39.6 Å². The van der Waals surface area contributed by atoms with E-state index in [1.807, 2.05) is 0 Å². The van der Waals surface area contributed by atoms with Crippen molar-refractivity contribution in [3.8, 4) is 0 Å². The molecular weight excluding hydrogens is 603 g/mol. The number of thioether (sulfide) groups is 1. The highest BCUT2D eigenvalue weighted by Gasteiger charge is 2.58. The number of carbonyl (C=O) groups excluding carboxylic acids is 2. The van der Waals surface area contributed by atoms with Crippen LogP contribution in [-0.2, 0) is 32.7 Å². The molecule has 0 aliphatic carbocycles. The largest absolute Gasteiger partial charge is 0.462 e. The number of alkyl halides is 2. The summed E-state index contributed by atoms with van der Waals surface area (Å²) in [5.41, 5.74) is -3.28. The predicted octanol–water partition coefficient (Wildman–Crippen LogP) is 2.22. The standard InChI is InChI=1S/C22H33ClF2N3O10PS/c1-11(2)37-17(31)12(3)27-39(34,35-7-8-40-19(32)21(4,5)6)36-10-14-15(29)22(23,25)18(38-14)28-9-13(24)16(30)26-20(28)33/h9,11-12,14-15,18,29H,7-8,10H2,1-6H3,(H,27,34)(H,26,30,33)/t12?,14-,15-,18-,22-,39?/m1/s1. The van der Waals surface area contributed by atoms with Gasteiger partial charge in [0.05, 0.1) is 25.5 Å². The molecule has 1 fully saturated rings. The molecule has 0 spiro atoms. The number of halogens is 3. The highest BCUT2D eigenvalue weighted by atomic mass is 35.5. The normalized spacial score (nSPS) is 25.5. The van der Waals surface area contributed by atoms with Gasteiger partial charge < -0.3 is 14.6 Å². The lowest BCUT2D eigenvalue weighted by atomic mass is 10.00. The van der Waals surface area contributed by atoms with E-state index < -0.39 is 78.5 Å². The van der Waals surface area contributed by atoms with E-state index in [0.717, 1.165) is 11.8 Å². The summed E-state index contributed by atoms with van der Waals surface area (Å²) in [6.07, 6.45) is -6.13. The van der Waals surface area contributed by atoms with Crippen molar-refractivity contribution in [1.29, 1.82) is 0 Å². The molecule has 40 heavy (non-hydrogen) atoms. The number of nitrogens with one attached hydrogen (secondary N) is 2. The summed E-state index contributed by atoms with van der Waals surface area (Å²) in [5, 5.41) is 9.43. The maximum Gasteiger partial charge on any atom is 0.406 e. The van der Waals surface area contributed by atoms with Gasteiger partial charge in [-0.15, -0.1) is 0 Å². The summed E-state index contributed by atoms with van der Waals surface area (Å²) in [6.45, 7) is 8.56. The first-order valence-electron chi connectivity index (χ1n) is 12.1. The minimum absolute atomic E-state index is 0.0660. The van der Waals surface area contributed by atoms with Crippen LogP contribution in [-0.4, -0.2) is 74.2 Å². The van der Waals surface area contributed by atoms with Gasteiger partial charge in [0.1, 0.15) is 18.2 Å². The molecule has 1 saturated heterocycles. The molecular formula is C22H33ClF2N3O10PS. The molecule has 228 valence electrons. The Morgan fingerprint density at radius 2 is 1.95 bits per heavy atom. The molecule has 1 aliphatic heterocycles. The molecule has 0 bridgehead atoms. The average Bonchev–Trinajstić information content (AvgIpc) is 3.05. The second-order valence-electron chi connectivity index (χ2n) is 10.1. The Morgan fingerprint density at radius 1 is 1.32 bits per heavy atom. The molecule has 3 N–H and O–H groups in total. The number of aromatic nitrogens is 2. The van der Waals surface area contributed by atoms with Crippen LogP contribution in [0.25, 0.3) is 0 Å². The molecule has 6 atom stereocenters. The van der Waals surface area contributed by atoms with Gasteiger partial charge >= 0.3 is 19.4 Å². The fourth-order valence-corrected chi connectivity index (χ4v) is 5.84. The molecule has 0 amide bonds. The molecule has 0 radical (unpaired) electrons. The third-order valence-electron chi connectivity index (χ3n) is 5.21. The Balaban J connectivity index is 2.19. The Morgan fingerprint density at radius 3 is 2.52 bits per heavy atom. The first-order valence-corrected chi connectivity index (χ1v) is 15.0. The third-order valence-corrected chi connectivity index (χ3v) is 8.58. The van der Waals surface area contributed by atoms with Crippen molar-refractivity contribution < 1.29 is 46.6 Å². The summed E-state index contributed by atoms with van der Waals surface area (Å²) in [7, 11) is -4.42. The second-order valence-corrected chi connectivity index (χ2v) is 13.6. The maximum atomic E-state index is 15.2. The number of aliphatic hydroxyl groups is 1. The lowest BCUT2D eigenvalue weighted by molar-refractivity contribution is -0.149. The Hall–Kier alpha value is -1.65. The minimum atomic E-state index is -4.42. The molecule has 1 aliphatic rings. The fourth-order valence-electron chi connectivity index (χ4n) is 3.16. The molecule has 0 saturated carbocycles. The van der Waals surface area contributed by atoms with Crippen LogP contribution in [0.5, 0.6) is 0 Å². The van der Waals surface area contributed by atoms with Crippen molar-refractivity contribution in [1.82, 2.24) is 14.6 Å². The first kappa shape index (κ1) is 34.6. The van der Waals surface area contributed by atoms with Crippen molar-refractivity contribution in [2.75, 3.05) is 19.0 Å². The van der Waals surface area contributed by atoms with Gasteiger partial charge in [-0.2, -0.15) is 4.39 Å². The van der Waals surface area contributed by atoms with E-state index in [9.17, 15) is 33.2 Å². The van der Waals surface area contributed by atoms with Gasteiger partial charge in [-0.1, -0.05) is 44.1 Å². The molecule has 18 heteroatoms. The van der Waals surface area contributed by atoms with Crippen molar-refractivity contribution in [3.63, 3.8) is 0 Å². The minimum Gasteiger partial charge on any atom is -0.462 e. The van der Waals surface area contributed by atoms with Crippen LogP contribution in [0.1, 0.15) is 47.8 Å². The summed E-state index contributed by atoms with van der Waals surface area (Å²) >= 11 is 6.71. The van der Waals surface area contributed by atoms with E-state index in [4.69, 9.17) is 30.1 Å². The molecule has 0 aromatic carbocycles. The maximum absolute atomic E-state index is 15.2. The van der Waals surface area contributed by atoms with Gasteiger partial charge in [-0.3, -0.25) is 33.0 Å². The van der Waals surface area contributed by atoms with E-state index in [2.05, 4.69) is 5.09 Å². The van der Waals surface area contributed by atoms with Gasteiger partial charge in [0.2, 0.25) is 5.82 Å². The van der Waals surface area contributed by atoms with Crippen LogP contribution >= 0.6 is 31.1 Å². The summed E-state index contributed by atoms with van der Waals surface area (Å²) < 4.78 is 63.8. The Bertz CT molecular complexity index is 1240. The van der Waals surface area contributed by atoms with Crippen molar-refractivity contribution in [2.24, 2.45) is 5.41 Å². The SMILES string of the molecule is CC(C)OC(=O)C(C)NP(=O)(OCCSC(=O)C(C)(C)C)OC[C@H]1O[C@@H](n2cc(F)c(=O)[nH]c2=O)[C@@](F)(Cl)[C@@H]1O. The smallest absolute Gasteiger partial charge is 0.406 e. The van der Waals surface area contributed by atoms with E-state index in [-0.39, 0.29) is 17.5 Å². The van der Waals surface area contributed by atoms with Gasteiger partial charge in [-0.05, 0) is 20.8 Å². The molecule has 2 rings (SSSR count). The van der Waals surface area contributed by atoms with Crippen LogP contribution in [0.3, 0.4) is 0 Å². The number of ether oxygens (including phenoxy) is 2. The Kier molecular flexibility index (Phi) is 11.7. The van der Waals surface area contributed by atoms with Crippen LogP contribution in [0.15, 0.2) is 15.8 Å². The number of carbonyl (C=O) groups is 2. The summed E-state index contributed by atoms with van der Waals surface area (Å²) in [6, 6.07) is -1.21. The zero-order valence-electron chi connectivity index (χ0n) is 22.6. The fraction of sp³-hybridized carbons (Fsp3) is 0.727. The number of aliphatic hydroxyl groups excluding tert-OH is 1. The lowest BCUT2D eigenvalue weighted by Gasteiger charge is -2.25. The van der Waals surface area contributed by atoms with Gasteiger partial charge in [0.25, 0.3) is 10.7 Å². The van der Waals surface area contributed by atoms with E-state index in [0.29, 0.717) is 10.8 Å². The molecule has 1 aromatic heterocycles. The van der Waals surface area contributed by atoms with Crippen molar-refractivity contribution >= 4 is 42.2 Å². The number of nitrogens with zero attached hydrogens (tertiary/aromatic N) is 1. The van der Waals surface area contributed by atoms with Crippen LogP contribution in [0.2, 0.25) is 0 Å². The first-order chi connectivity index (χ1) is 18.3. The van der Waals surface area contributed by atoms with Crippen LogP contribution < -0.4 is 16.3 Å². The monoisotopic (exact) mass is 635 g/mol. The second kappa shape index (κ2) is 13.6. The van der Waals surface area contributed by atoms with Gasteiger partial charge in [0, 0.05) is 11.2 Å². The van der Waals surface area contributed by atoms with E-state index >= 15 is 4.39 Å². The number of hydrogen-bond acceptors (Lipinski definition) is 11. The zero-order chi connectivity index (χ0) is 30.6. The third kappa shape index (κ3) is 8.92. The summed E-state index contributed by atoms with van der Waals surface area (Å²) in [4.78, 5) is 49.4. The van der Waals surface area contributed by atoms with Gasteiger partial charge in [-0.25, -0.2) is 18.8 Å². The zero-order valence-corrected chi connectivity index (χ0v) is 25.1.